The number of amides is 2. The number of nitrogens with one attached hydrogen (secondary N) is 1. The summed E-state index contributed by atoms with van der Waals surface area (Å²) in [5.74, 6) is -0.961. The molecule has 35 heavy (non-hydrogen) atoms. The highest BCUT2D eigenvalue weighted by Crippen LogP contribution is 2.25. The Morgan fingerprint density at radius 1 is 1.11 bits per heavy atom. The van der Waals surface area contributed by atoms with Crippen LogP contribution in [0.5, 0.6) is 5.75 Å². The Labute approximate surface area is 210 Å². The van der Waals surface area contributed by atoms with Gasteiger partial charge in [0.2, 0.25) is 15.9 Å². The Morgan fingerprint density at radius 3 is 2.46 bits per heavy atom. The summed E-state index contributed by atoms with van der Waals surface area (Å²) < 4.78 is 43.4. The number of hydrogen-bond donors (Lipinski definition) is 1. The number of benzene rings is 2. The van der Waals surface area contributed by atoms with Crippen LogP contribution in [0.15, 0.2) is 42.5 Å². The van der Waals surface area contributed by atoms with E-state index in [1.165, 1.54) is 18.2 Å². The molecule has 0 unspecified atom stereocenters. The van der Waals surface area contributed by atoms with Crippen molar-refractivity contribution >= 4 is 33.4 Å². The van der Waals surface area contributed by atoms with E-state index in [4.69, 9.17) is 16.3 Å². The fourth-order valence-corrected chi connectivity index (χ4v) is 4.69. The highest BCUT2D eigenvalue weighted by Gasteiger charge is 2.32. The van der Waals surface area contributed by atoms with E-state index < -0.39 is 15.9 Å². The molecular formula is C24H29ClFN3O5S. The number of ether oxygens (including phenoxy) is 1. The van der Waals surface area contributed by atoms with Gasteiger partial charge in [-0.05, 0) is 43.7 Å². The van der Waals surface area contributed by atoms with Crippen LogP contribution in [0.25, 0.3) is 0 Å². The lowest BCUT2D eigenvalue weighted by Gasteiger charge is -2.44. The van der Waals surface area contributed by atoms with Gasteiger partial charge in [-0.15, -0.1) is 0 Å². The summed E-state index contributed by atoms with van der Waals surface area (Å²) in [7, 11) is -3.69. The van der Waals surface area contributed by atoms with Crippen molar-refractivity contribution in [1.82, 2.24) is 14.5 Å². The summed E-state index contributed by atoms with van der Waals surface area (Å²) in [6.07, 6.45) is 0.646. The van der Waals surface area contributed by atoms with Gasteiger partial charge in [-0.25, -0.2) is 12.8 Å². The quantitative estimate of drug-likeness (QED) is 0.569. The summed E-state index contributed by atoms with van der Waals surface area (Å²) in [5, 5.41) is 0.358. The molecule has 1 heterocycles. The number of carbonyl (C=O) groups is 2. The van der Waals surface area contributed by atoms with E-state index in [0.29, 0.717) is 30.2 Å². The predicted octanol–water partition coefficient (Wildman–Crippen LogP) is 2.60. The number of nitrogens with zero attached hydrogens (tertiary/aromatic N) is 2. The molecule has 2 atom stereocenters. The molecule has 0 aliphatic carbocycles. The lowest BCUT2D eigenvalue weighted by Crippen LogP contribution is -2.58. The van der Waals surface area contributed by atoms with Crippen LogP contribution in [-0.4, -0.2) is 68.1 Å². The number of rotatable bonds is 8. The second-order valence-corrected chi connectivity index (χ2v) is 11.0. The van der Waals surface area contributed by atoms with Gasteiger partial charge in [-0.1, -0.05) is 29.8 Å². The Hall–Kier alpha value is -2.69. The van der Waals surface area contributed by atoms with E-state index >= 15 is 0 Å². The minimum absolute atomic E-state index is 0.0675. The molecule has 190 valence electrons. The Kier molecular flexibility index (Phi) is 8.74. The lowest BCUT2D eigenvalue weighted by atomic mass is 10.1. The van der Waals surface area contributed by atoms with Crippen LogP contribution in [0.4, 0.5) is 4.39 Å². The number of piperazine rings is 1. The molecule has 1 saturated heterocycles. The summed E-state index contributed by atoms with van der Waals surface area (Å²) in [4.78, 5) is 29.0. The summed E-state index contributed by atoms with van der Waals surface area (Å²) in [5.41, 5.74) is 1.41. The van der Waals surface area contributed by atoms with Crippen molar-refractivity contribution in [1.29, 1.82) is 0 Å². The van der Waals surface area contributed by atoms with E-state index in [0.717, 1.165) is 11.8 Å². The van der Waals surface area contributed by atoms with Crippen molar-refractivity contribution < 1.29 is 27.1 Å². The second kappa shape index (κ2) is 11.4. The van der Waals surface area contributed by atoms with Crippen LogP contribution < -0.4 is 9.46 Å². The standard InChI is InChI=1S/C24H29ClFN3O5S/c1-16-13-29(17(2)12-28(16)14-18-4-8-21(26)9-5-18)24(31)15-34-22-11-20(25)7-6-19(22)10-23(30)27-35(3,32)33/h4-9,11,16-17H,10,12-15H2,1-3H3,(H,27,30)/t16-,17+/m0/s1. The fourth-order valence-electron chi connectivity index (χ4n) is 4.04. The van der Waals surface area contributed by atoms with Crippen molar-refractivity contribution in [2.45, 2.75) is 38.9 Å². The molecule has 0 aromatic heterocycles. The molecule has 0 radical (unpaired) electrons. The first-order valence-electron chi connectivity index (χ1n) is 11.1. The zero-order valence-corrected chi connectivity index (χ0v) is 21.4. The van der Waals surface area contributed by atoms with Gasteiger partial charge in [0.05, 0.1) is 12.7 Å². The maximum absolute atomic E-state index is 13.2. The fraction of sp³-hybridized carbons (Fsp3) is 0.417. The van der Waals surface area contributed by atoms with Crippen molar-refractivity contribution in [3.8, 4) is 5.75 Å². The molecule has 2 aromatic carbocycles. The van der Waals surface area contributed by atoms with E-state index in [2.05, 4.69) is 4.90 Å². The van der Waals surface area contributed by atoms with Gasteiger partial charge in [0.15, 0.2) is 6.61 Å². The van der Waals surface area contributed by atoms with Crippen molar-refractivity contribution in [3.63, 3.8) is 0 Å². The van der Waals surface area contributed by atoms with Gasteiger partial charge in [0.1, 0.15) is 11.6 Å². The number of hydrogen-bond acceptors (Lipinski definition) is 6. The molecule has 1 aliphatic heterocycles. The molecule has 1 N–H and O–H groups in total. The molecular weight excluding hydrogens is 497 g/mol. The van der Waals surface area contributed by atoms with Gasteiger partial charge in [-0.3, -0.25) is 19.2 Å². The van der Waals surface area contributed by atoms with Crippen LogP contribution in [0, 0.1) is 5.82 Å². The van der Waals surface area contributed by atoms with E-state index in [9.17, 15) is 22.4 Å². The first kappa shape index (κ1) is 26.9. The number of halogens is 2. The summed E-state index contributed by atoms with van der Waals surface area (Å²) in [6, 6.07) is 11.0. The molecule has 2 aromatic rings. The molecule has 0 bridgehead atoms. The summed E-state index contributed by atoms with van der Waals surface area (Å²) in [6.45, 7) is 5.55. The molecule has 2 amide bonds. The van der Waals surface area contributed by atoms with Crippen molar-refractivity contribution in [3.05, 3.63) is 64.4 Å². The molecule has 0 spiro atoms. The maximum atomic E-state index is 13.2. The third-order valence-electron chi connectivity index (χ3n) is 5.76. The first-order chi connectivity index (χ1) is 16.4. The highest BCUT2D eigenvalue weighted by atomic mass is 35.5. The molecule has 3 rings (SSSR count). The van der Waals surface area contributed by atoms with Crippen LogP contribution in [0.3, 0.4) is 0 Å². The van der Waals surface area contributed by atoms with Crippen LogP contribution in [0.1, 0.15) is 25.0 Å². The van der Waals surface area contributed by atoms with Gasteiger partial charge in [0, 0.05) is 42.3 Å². The lowest BCUT2D eigenvalue weighted by molar-refractivity contribution is -0.139. The largest absolute Gasteiger partial charge is 0.483 e. The van der Waals surface area contributed by atoms with Gasteiger partial charge in [-0.2, -0.15) is 0 Å². The molecule has 1 fully saturated rings. The SMILES string of the molecule is C[C@@H]1CN(Cc2ccc(F)cc2)[C@@H](C)CN1C(=O)COc1cc(Cl)ccc1CC(=O)NS(C)(=O)=O. The normalized spacial score (nSPS) is 18.8. The molecule has 11 heteroatoms. The Bertz CT molecular complexity index is 1180. The van der Waals surface area contributed by atoms with E-state index in [1.807, 2.05) is 18.6 Å². The van der Waals surface area contributed by atoms with Crippen molar-refractivity contribution in [2.75, 3.05) is 26.0 Å². The smallest absolute Gasteiger partial charge is 0.260 e. The number of sulfonamides is 1. The Balaban J connectivity index is 1.61. The van der Waals surface area contributed by atoms with Crippen LogP contribution >= 0.6 is 11.6 Å². The monoisotopic (exact) mass is 525 g/mol. The topological polar surface area (TPSA) is 96.0 Å². The summed E-state index contributed by atoms with van der Waals surface area (Å²) >= 11 is 6.06. The molecule has 1 aliphatic rings. The second-order valence-electron chi connectivity index (χ2n) is 8.81. The van der Waals surface area contributed by atoms with Gasteiger partial charge in [0.25, 0.3) is 5.91 Å². The minimum Gasteiger partial charge on any atom is -0.483 e. The third kappa shape index (κ3) is 7.91. The van der Waals surface area contributed by atoms with Gasteiger partial charge < -0.3 is 9.64 Å². The minimum atomic E-state index is -3.69. The third-order valence-corrected chi connectivity index (χ3v) is 6.60. The first-order valence-corrected chi connectivity index (χ1v) is 13.4. The predicted molar refractivity (Wildman–Crippen MR) is 131 cm³/mol. The van der Waals surface area contributed by atoms with Gasteiger partial charge >= 0.3 is 0 Å². The van der Waals surface area contributed by atoms with Crippen molar-refractivity contribution in [2.24, 2.45) is 0 Å². The van der Waals surface area contributed by atoms with E-state index in [1.54, 1.807) is 29.2 Å². The zero-order chi connectivity index (χ0) is 25.8. The number of carbonyl (C=O) groups excluding carboxylic acids is 2. The Morgan fingerprint density at radius 2 is 1.80 bits per heavy atom. The average Bonchev–Trinajstić information content (AvgIpc) is 2.76. The van der Waals surface area contributed by atoms with Crippen LogP contribution in [-0.2, 0) is 32.6 Å². The van der Waals surface area contributed by atoms with Crippen LogP contribution in [0.2, 0.25) is 5.02 Å². The molecule has 8 nitrogen and oxygen atoms in total. The average molecular weight is 526 g/mol. The molecule has 0 saturated carbocycles. The maximum Gasteiger partial charge on any atom is 0.260 e. The zero-order valence-electron chi connectivity index (χ0n) is 19.8. The highest BCUT2D eigenvalue weighted by molar-refractivity contribution is 7.89. The van der Waals surface area contributed by atoms with E-state index in [-0.39, 0.29) is 42.6 Å².